The minimum absolute atomic E-state index is 0.0139. The second-order valence-corrected chi connectivity index (χ2v) is 14.0. The maximum Gasteiger partial charge on any atom is 0.138 e. The highest BCUT2D eigenvalue weighted by atomic mass is 15.1. The molecule has 0 spiro atoms. The van der Waals surface area contributed by atoms with Gasteiger partial charge in [-0.05, 0) is 81.2 Å². The lowest BCUT2D eigenvalue weighted by atomic mass is 9.82. The van der Waals surface area contributed by atoms with E-state index in [0.29, 0.717) is 0 Å². The van der Waals surface area contributed by atoms with Gasteiger partial charge in [0.05, 0.1) is 27.6 Å². The number of fused-ring (bicyclic) bond motifs is 15. The van der Waals surface area contributed by atoms with Crippen LogP contribution in [0, 0.1) is 0 Å². The normalized spacial score (nSPS) is 13.7. The van der Waals surface area contributed by atoms with Gasteiger partial charge in [0.15, 0.2) is 0 Å². The van der Waals surface area contributed by atoms with E-state index in [-0.39, 0.29) is 5.41 Å². The Hall–Kier alpha value is -6.19. The second kappa shape index (κ2) is 9.46. The summed E-state index contributed by atoms with van der Waals surface area (Å²) < 4.78 is 4.83. The fourth-order valence-electron chi connectivity index (χ4n) is 8.89. The molecule has 0 aliphatic heterocycles. The number of rotatable bonds is 2. The molecule has 0 amide bonds. The highest BCUT2D eigenvalue weighted by Gasteiger charge is 2.35. The Morgan fingerprint density at radius 3 is 1.92 bits per heavy atom. The van der Waals surface area contributed by atoms with Gasteiger partial charge in [0, 0.05) is 38.5 Å². The summed E-state index contributed by atoms with van der Waals surface area (Å²) in [6.45, 7) is 4.67. The average molecular weight is 626 g/mol. The quantitative estimate of drug-likeness (QED) is 0.175. The molecule has 0 saturated heterocycles. The van der Waals surface area contributed by atoms with Crippen molar-refractivity contribution in [3.05, 3.63) is 163 Å². The number of aromatic nitrogens is 3. The number of nitrogens with zero attached hydrogens (tertiary/aromatic N) is 3. The van der Waals surface area contributed by atoms with Crippen LogP contribution in [-0.4, -0.2) is 14.0 Å². The molecule has 49 heavy (non-hydrogen) atoms. The van der Waals surface area contributed by atoms with Gasteiger partial charge >= 0.3 is 0 Å². The molecule has 0 radical (unpaired) electrons. The molecule has 0 atom stereocenters. The third-order valence-electron chi connectivity index (χ3n) is 11.1. The first-order chi connectivity index (χ1) is 24.1. The summed E-state index contributed by atoms with van der Waals surface area (Å²) in [7, 11) is 0. The van der Waals surface area contributed by atoms with E-state index in [9.17, 15) is 0 Å². The first-order valence-corrected chi connectivity index (χ1v) is 17.1. The summed E-state index contributed by atoms with van der Waals surface area (Å²) in [5, 5.41) is 7.48. The van der Waals surface area contributed by atoms with Crippen LogP contribution in [-0.2, 0) is 5.41 Å². The zero-order chi connectivity index (χ0) is 32.4. The molecular formula is C46H31N3. The van der Waals surface area contributed by atoms with E-state index in [0.717, 1.165) is 16.9 Å². The first-order valence-electron chi connectivity index (χ1n) is 17.1. The highest BCUT2D eigenvalue weighted by molar-refractivity contribution is 6.22. The summed E-state index contributed by atoms with van der Waals surface area (Å²) in [5.74, 6) is 0.919. The van der Waals surface area contributed by atoms with Gasteiger partial charge in [0.2, 0.25) is 0 Å². The molecule has 1 aliphatic rings. The van der Waals surface area contributed by atoms with E-state index in [1.54, 1.807) is 0 Å². The summed E-state index contributed by atoms with van der Waals surface area (Å²) >= 11 is 0. The van der Waals surface area contributed by atoms with Crippen LogP contribution >= 0.6 is 0 Å². The fraction of sp³-hybridized carbons (Fsp3) is 0.0652. The van der Waals surface area contributed by atoms with E-state index >= 15 is 0 Å². The molecule has 3 nitrogen and oxygen atoms in total. The van der Waals surface area contributed by atoms with Crippen molar-refractivity contribution in [1.29, 1.82) is 0 Å². The van der Waals surface area contributed by atoms with E-state index in [1.165, 1.54) is 82.2 Å². The molecule has 3 heteroatoms. The van der Waals surface area contributed by atoms with Crippen molar-refractivity contribution in [3.8, 4) is 28.1 Å². The number of para-hydroxylation sites is 2. The lowest BCUT2D eigenvalue weighted by Crippen LogP contribution is -2.14. The molecule has 0 fully saturated rings. The van der Waals surface area contributed by atoms with Gasteiger partial charge in [-0.15, -0.1) is 0 Å². The first kappa shape index (κ1) is 26.8. The predicted molar refractivity (Wildman–Crippen MR) is 205 cm³/mol. The fourth-order valence-corrected chi connectivity index (χ4v) is 8.89. The number of hydrogen-bond donors (Lipinski definition) is 0. The minimum Gasteiger partial charge on any atom is -0.309 e. The molecule has 1 aliphatic carbocycles. The van der Waals surface area contributed by atoms with Crippen molar-refractivity contribution in [1.82, 2.24) is 14.0 Å². The Morgan fingerprint density at radius 1 is 0.449 bits per heavy atom. The summed E-state index contributed by atoms with van der Waals surface area (Å²) in [5.41, 5.74) is 13.8. The van der Waals surface area contributed by atoms with Crippen LogP contribution in [0.15, 0.2) is 152 Å². The smallest absolute Gasteiger partial charge is 0.138 e. The van der Waals surface area contributed by atoms with Crippen molar-refractivity contribution >= 4 is 59.9 Å². The zero-order valence-electron chi connectivity index (χ0n) is 27.3. The van der Waals surface area contributed by atoms with Crippen LogP contribution in [0.25, 0.3) is 88.0 Å². The minimum atomic E-state index is -0.0139. The van der Waals surface area contributed by atoms with Gasteiger partial charge in [-0.25, -0.2) is 4.98 Å². The Morgan fingerprint density at radius 2 is 1.08 bits per heavy atom. The van der Waals surface area contributed by atoms with Crippen molar-refractivity contribution in [2.24, 2.45) is 0 Å². The highest BCUT2D eigenvalue weighted by Crippen LogP contribution is 2.49. The molecule has 10 aromatic rings. The lowest BCUT2D eigenvalue weighted by molar-refractivity contribution is 0.660. The summed E-state index contributed by atoms with van der Waals surface area (Å²) in [6.07, 6.45) is 1.97. The predicted octanol–water partition coefficient (Wildman–Crippen LogP) is 11.9. The molecule has 0 N–H and O–H groups in total. The van der Waals surface area contributed by atoms with E-state index in [1.807, 2.05) is 6.20 Å². The summed E-state index contributed by atoms with van der Waals surface area (Å²) in [4.78, 5) is 5.06. The Bertz CT molecular complexity index is 3030. The maximum atomic E-state index is 5.06. The maximum absolute atomic E-state index is 5.06. The molecule has 0 bridgehead atoms. The van der Waals surface area contributed by atoms with Crippen molar-refractivity contribution < 1.29 is 0 Å². The standard InChI is InChI=1S/C46H31N3/c1-46(2)38-16-8-5-12-31(38)36-25-28(19-21-39(36)46)29-23-24-47-44(26-29)49-41-18-10-7-15-34(41)35-20-22-42-37(45(35)49)27-43-33-14-4-3-11-30(33)32-13-6-9-17-40(32)48(42)43/h3-27H,1-2H3. The molecule has 6 aromatic carbocycles. The molecule has 4 aromatic heterocycles. The van der Waals surface area contributed by atoms with Gasteiger partial charge in [-0.2, -0.15) is 0 Å². The zero-order valence-corrected chi connectivity index (χ0v) is 27.3. The average Bonchev–Trinajstić information content (AvgIpc) is 3.78. The Balaban J connectivity index is 1.20. The van der Waals surface area contributed by atoms with Crippen molar-refractivity contribution in [3.63, 3.8) is 0 Å². The van der Waals surface area contributed by atoms with Gasteiger partial charge < -0.3 is 4.40 Å². The Labute approximate surface area is 283 Å². The molecule has 11 rings (SSSR count). The largest absolute Gasteiger partial charge is 0.309 e. The van der Waals surface area contributed by atoms with E-state index < -0.39 is 0 Å². The topological polar surface area (TPSA) is 22.2 Å². The number of hydrogen-bond acceptors (Lipinski definition) is 1. The van der Waals surface area contributed by atoms with Crippen molar-refractivity contribution in [2.75, 3.05) is 0 Å². The van der Waals surface area contributed by atoms with E-state index in [2.05, 4.69) is 168 Å². The molecule has 230 valence electrons. The van der Waals surface area contributed by atoms with Crippen LogP contribution in [0.1, 0.15) is 25.0 Å². The number of pyridine rings is 2. The van der Waals surface area contributed by atoms with Crippen LogP contribution in [0.2, 0.25) is 0 Å². The van der Waals surface area contributed by atoms with Gasteiger partial charge in [-0.3, -0.25) is 4.57 Å². The van der Waals surface area contributed by atoms with Crippen molar-refractivity contribution in [2.45, 2.75) is 19.3 Å². The monoisotopic (exact) mass is 625 g/mol. The molecular weight excluding hydrogens is 595 g/mol. The Kier molecular flexibility index (Phi) is 5.18. The molecule has 4 heterocycles. The number of benzene rings is 6. The van der Waals surface area contributed by atoms with Crippen LogP contribution in [0.3, 0.4) is 0 Å². The van der Waals surface area contributed by atoms with Gasteiger partial charge in [0.1, 0.15) is 5.82 Å². The van der Waals surface area contributed by atoms with Crippen LogP contribution < -0.4 is 0 Å². The van der Waals surface area contributed by atoms with Gasteiger partial charge in [-0.1, -0.05) is 117 Å². The molecule has 0 saturated carbocycles. The second-order valence-electron chi connectivity index (χ2n) is 14.0. The third-order valence-corrected chi connectivity index (χ3v) is 11.1. The van der Waals surface area contributed by atoms with E-state index in [4.69, 9.17) is 4.98 Å². The SMILES string of the molecule is CC1(C)c2ccccc2-c2cc(-c3ccnc(-n4c5ccccc5c5ccc6c(cc7c8ccccc8c8ccccc8n76)c54)c3)ccc21. The van der Waals surface area contributed by atoms with Gasteiger partial charge in [0.25, 0.3) is 0 Å². The van der Waals surface area contributed by atoms with Crippen LogP contribution in [0.5, 0.6) is 0 Å². The lowest BCUT2D eigenvalue weighted by Gasteiger charge is -2.21. The van der Waals surface area contributed by atoms with Crippen LogP contribution in [0.4, 0.5) is 0 Å². The molecule has 0 unspecified atom stereocenters. The summed E-state index contributed by atoms with van der Waals surface area (Å²) in [6, 6.07) is 53.6. The third kappa shape index (κ3) is 3.49.